The summed E-state index contributed by atoms with van der Waals surface area (Å²) in [5.41, 5.74) is -0.469. The minimum atomic E-state index is -0.469. The summed E-state index contributed by atoms with van der Waals surface area (Å²) in [6.45, 7) is 0. The van der Waals surface area contributed by atoms with Crippen LogP contribution in [-0.4, -0.2) is 11.6 Å². The van der Waals surface area contributed by atoms with Crippen molar-refractivity contribution in [2.75, 3.05) is 0 Å². The third-order valence-electron chi connectivity index (χ3n) is 4.36. The molecule has 0 N–H and O–H groups in total. The molecule has 0 unspecified atom stereocenters. The molecule has 2 bridgehead atoms. The normalized spacial score (nSPS) is 43.8. The minimum Gasteiger partial charge on any atom is -0.299 e. The zero-order valence-corrected chi connectivity index (χ0v) is 9.32. The number of ketones is 2. The molecule has 0 aromatic heterocycles. The molecule has 0 aromatic rings. The van der Waals surface area contributed by atoms with Crippen LogP contribution in [0.15, 0.2) is 24.3 Å². The maximum atomic E-state index is 12.2. The van der Waals surface area contributed by atoms with Gasteiger partial charge in [0.05, 0.1) is 5.41 Å². The van der Waals surface area contributed by atoms with Gasteiger partial charge in [0.15, 0.2) is 0 Å². The molecule has 4 aliphatic rings. The largest absolute Gasteiger partial charge is 0.299 e. The van der Waals surface area contributed by atoms with Gasteiger partial charge in [-0.3, -0.25) is 9.59 Å². The summed E-state index contributed by atoms with van der Waals surface area (Å²) in [5, 5.41) is 0. The second-order valence-electron chi connectivity index (χ2n) is 5.26. The lowest BCUT2D eigenvalue weighted by Crippen LogP contribution is -2.49. The smallest absolute Gasteiger partial charge is 0.144 e. The number of hydrogen-bond acceptors (Lipinski definition) is 2. The van der Waals surface area contributed by atoms with Gasteiger partial charge in [-0.05, 0) is 25.2 Å². The zero-order chi connectivity index (χ0) is 11.2. The van der Waals surface area contributed by atoms with E-state index >= 15 is 0 Å². The van der Waals surface area contributed by atoms with Gasteiger partial charge in [-0.25, -0.2) is 0 Å². The van der Waals surface area contributed by atoms with Crippen LogP contribution in [-0.2, 0) is 9.59 Å². The molecule has 0 radical (unpaired) electrons. The lowest BCUT2D eigenvalue weighted by Gasteiger charge is -2.46. The van der Waals surface area contributed by atoms with Crippen LogP contribution in [0.3, 0.4) is 0 Å². The first-order valence-corrected chi connectivity index (χ1v) is 6.13. The average molecular weight is 216 g/mol. The summed E-state index contributed by atoms with van der Waals surface area (Å²) in [7, 11) is 0. The van der Waals surface area contributed by atoms with Crippen molar-refractivity contribution >= 4 is 11.6 Å². The third-order valence-corrected chi connectivity index (χ3v) is 4.36. The highest BCUT2D eigenvalue weighted by atomic mass is 16.1. The van der Waals surface area contributed by atoms with Crippen LogP contribution in [0.2, 0.25) is 0 Å². The number of rotatable bonds is 0. The summed E-state index contributed by atoms with van der Waals surface area (Å²) >= 11 is 0. The topological polar surface area (TPSA) is 34.1 Å². The molecule has 4 aliphatic carbocycles. The molecule has 2 heteroatoms. The Balaban J connectivity index is 2.08. The molecule has 0 aromatic carbocycles. The Hall–Kier alpha value is -1.18. The second-order valence-corrected chi connectivity index (χ2v) is 5.26. The van der Waals surface area contributed by atoms with E-state index in [1.165, 1.54) is 0 Å². The Kier molecular flexibility index (Phi) is 2.13. The standard InChI is InChI=1S/C14H16O2/c15-12-4-2-1-3-6-14-7-5-10(8-11(12)14)9-13(14)16/h1,3,5,7,10-11H,2,4,6,8-9H2/b3-1-/t10-,11-,14+/m1/s1. The minimum absolute atomic E-state index is 0.0336. The van der Waals surface area contributed by atoms with Gasteiger partial charge in [-0.15, -0.1) is 0 Å². The molecular weight excluding hydrogens is 200 g/mol. The molecule has 1 saturated carbocycles. The molecule has 1 fully saturated rings. The average Bonchev–Trinajstić information content (AvgIpc) is 2.27. The number of carbonyl (C=O) groups excluding carboxylic acids is 2. The van der Waals surface area contributed by atoms with Gasteiger partial charge < -0.3 is 0 Å². The summed E-state index contributed by atoms with van der Waals surface area (Å²) in [4.78, 5) is 24.3. The Morgan fingerprint density at radius 2 is 2.12 bits per heavy atom. The first-order chi connectivity index (χ1) is 7.72. The predicted octanol–water partition coefficient (Wildman–Crippen LogP) is 2.45. The molecule has 84 valence electrons. The fourth-order valence-corrected chi connectivity index (χ4v) is 3.42. The highest BCUT2D eigenvalue weighted by Crippen LogP contribution is 2.51. The number of carbonyl (C=O) groups is 2. The Bertz CT molecular complexity index is 405. The molecule has 3 atom stereocenters. The van der Waals surface area contributed by atoms with Gasteiger partial charge in [0.25, 0.3) is 0 Å². The van der Waals surface area contributed by atoms with E-state index in [1.807, 2.05) is 12.2 Å². The maximum Gasteiger partial charge on any atom is 0.144 e. The van der Waals surface area contributed by atoms with Gasteiger partial charge in [-0.2, -0.15) is 0 Å². The van der Waals surface area contributed by atoms with E-state index in [9.17, 15) is 9.59 Å². The highest BCUT2D eigenvalue weighted by molar-refractivity contribution is 5.97. The molecule has 16 heavy (non-hydrogen) atoms. The fourth-order valence-electron chi connectivity index (χ4n) is 3.42. The van der Waals surface area contributed by atoms with Crippen molar-refractivity contribution in [2.45, 2.75) is 32.1 Å². The Morgan fingerprint density at radius 1 is 1.25 bits per heavy atom. The van der Waals surface area contributed by atoms with Crippen LogP contribution in [0.5, 0.6) is 0 Å². The first-order valence-electron chi connectivity index (χ1n) is 6.13. The van der Waals surface area contributed by atoms with E-state index in [0.717, 1.165) is 19.3 Å². The molecule has 0 heterocycles. The van der Waals surface area contributed by atoms with Crippen LogP contribution < -0.4 is 0 Å². The van der Waals surface area contributed by atoms with E-state index < -0.39 is 5.41 Å². The first kappa shape index (κ1) is 10.0. The number of hydrogen-bond donors (Lipinski definition) is 0. The van der Waals surface area contributed by atoms with Crippen molar-refractivity contribution in [1.82, 2.24) is 0 Å². The molecule has 0 amide bonds. The van der Waals surface area contributed by atoms with Gasteiger partial charge >= 0.3 is 0 Å². The number of allylic oxidation sites excluding steroid dienone is 4. The van der Waals surface area contributed by atoms with E-state index in [1.54, 1.807) is 0 Å². The third kappa shape index (κ3) is 1.25. The molecule has 1 spiro atoms. The lowest BCUT2D eigenvalue weighted by molar-refractivity contribution is -0.142. The van der Waals surface area contributed by atoms with Gasteiger partial charge in [0, 0.05) is 18.8 Å². The SMILES string of the molecule is O=C1CC/C=C\C[C@@]23C=C[C@@H](CC2=O)C[C@H]13. The summed E-state index contributed by atoms with van der Waals surface area (Å²) in [5.74, 6) is 0.878. The monoisotopic (exact) mass is 216 g/mol. The molecule has 0 aliphatic heterocycles. The van der Waals surface area contributed by atoms with Crippen molar-refractivity contribution in [1.29, 1.82) is 0 Å². The van der Waals surface area contributed by atoms with E-state index in [2.05, 4.69) is 12.2 Å². The molecular formula is C14H16O2. The van der Waals surface area contributed by atoms with Gasteiger partial charge in [-0.1, -0.05) is 24.3 Å². The summed E-state index contributed by atoms with van der Waals surface area (Å²) in [6, 6.07) is 0. The van der Waals surface area contributed by atoms with Crippen molar-refractivity contribution in [3.63, 3.8) is 0 Å². The number of fused-ring (bicyclic) bond motifs is 1. The van der Waals surface area contributed by atoms with E-state index in [0.29, 0.717) is 24.5 Å². The van der Waals surface area contributed by atoms with Crippen LogP contribution in [0.4, 0.5) is 0 Å². The summed E-state index contributed by atoms with van der Waals surface area (Å²) < 4.78 is 0. The fraction of sp³-hybridized carbons (Fsp3) is 0.571. The van der Waals surface area contributed by atoms with Crippen LogP contribution in [0.1, 0.15) is 32.1 Å². The highest BCUT2D eigenvalue weighted by Gasteiger charge is 2.52. The second kappa shape index (κ2) is 3.41. The Labute approximate surface area is 95.4 Å². The lowest BCUT2D eigenvalue weighted by atomic mass is 9.55. The molecule has 2 nitrogen and oxygen atoms in total. The van der Waals surface area contributed by atoms with Crippen LogP contribution in [0, 0.1) is 17.3 Å². The van der Waals surface area contributed by atoms with Crippen molar-refractivity contribution < 1.29 is 9.59 Å². The van der Waals surface area contributed by atoms with E-state index in [4.69, 9.17) is 0 Å². The number of Topliss-reactive ketones (excluding diaryl/α,β-unsaturated/α-hetero) is 2. The zero-order valence-electron chi connectivity index (χ0n) is 9.32. The Morgan fingerprint density at radius 3 is 2.94 bits per heavy atom. The molecule has 0 saturated heterocycles. The predicted molar refractivity (Wildman–Crippen MR) is 60.8 cm³/mol. The van der Waals surface area contributed by atoms with Crippen molar-refractivity contribution in [3.05, 3.63) is 24.3 Å². The van der Waals surface area contributed by atoms with Crippen LogP contribution in [0.25, 0.3) is 0 Å². The molecule has 4 rings (SSSR count). The van der Waals surface area contributed by atoms with Crippen molar-refractivity contribution in [3.8, 4) is 0 Å². The summed E-state index contributed by atoms with van der Waals surface area (Å²) in [6.07, 6.45) is 12.0. The quantitative estimate of drug-likeness (QED) is 0.583. The van der Waals surface area contributed by atoms with Crippen molar-refractivity contribution in [2.24, 2.45) is 17.3 Å². The van der Waals surface area contributed by atoms with Gasteiger partial charge in [0.2, 0.25) is 0 Å². The van der Waals surface area contributed by atoms with Crippen LogP contribution >= 0.6 is 0 Å². The van der Waals surface area contributed by atoms with Gasteiger partial charge in [0.1, 0.15) is 11.6 Å². The van der Waals surface area contributed by atoms with E-state index in [-0.39, 0.29) is 11.7 Å². The maximum absolute atomic E-state index is 12.2.